The third kappa shape index (κ3) is 5.84. The largest absolute Gasteiger partial charge is 0.338 e. The minimum Gasteiger partial charge on any atom is -0.338 e. The molecule has 0 aromatic heterocycles. The monoisotopic (exact) mass is 365 g/mol. The van der Waals surface area contributed by atoms with Crippen LogP contribution in [-0.4, -0.2) is 36.5 Å². The smallest absolute Gasteiger partial charge is 0.317 e. The Bertz CT molecular complexity index is 734. The average molecular weight is 365 g/mol. The summed E-state index contributed by atoms with van der Waals surface area (Å²) in [5, 5.41) is 5.93. The molecule has 142 valence electrons. The zero-order valence-corrected chi connectivity index (χ0v) is 15.6. The number of rotatable bonds is 6. The first-order valence-corrected chi connectivity index (χ1v) is 9.65. The van der Waals surface area contributed by atoms with Crippen molar-refractivity contribution in [3.05, 3.63) is 66.2 Å². The van der Waals surface area contributed by atoms with Gasteiger partial charge >= 0.3 is 6.03 Å². The Morgan fingerprint density at radius 1 is 1.00 bits per heavy atom. The number of amides is 3. The van der Waals surface area contributed by atoms with E-state index in [1.54, 1.807) is 4.90 Å². The summed E-state index contributed by atoms with van der Waals surface area (Å²) >= 11 is 0. The maximum absolute atomic E-state index is 12.5. The average Bonchev–Trinajstić information content (AvgIpc) is 2.72. The van der Waals surface area contributed by atoms with Crippen LogP contribution < -0.4 is 10.6 Å². The highest BCUT2D eigenvalue weighted by Crippen LogP contribution is 2.19. The minimum atomic E-state index is -0.158. The van der Waals surface area contributed by atoms with Crippen LogP contribution in [0.25, 0.3) is 0 Å². The molecular formula is C22H27N3O2. The molecule has 2 aromatic rings. The van der Waals surface area contributed by atoms with Gasteiger partial charge in [0.1, 0.15) is 0 Å². The second kappa shape index (κ2) is 9.76. The van der Waals surface area contributed by atoms with Crippen molar-refractivity contribution in [1.82, 2.24) is 10.2 Å². The number of likely N-dealkylation sites (tertiary alicyclic amines) is 1. The fourth-order valence-electron chi connectivity index (χ4n) is 3.39. The highest BCUT2D eigenvalue weighted by atomic mass is 16.2. The Balaban J connectivity index is 1.41. The van der Waals surface area contributed by atoms with E-state index in [1.165, 1.54) is 5.56 Å². The van der Waals surface area contributed by atoms with Crippen molar-refractivity contribution >= 4 is 17.6 Å². The predicted octanol–water partition coefficient (Wildman–Crippen LogP) is 3.68. The highest BCUT2D eigenvalue weighted by Gasteiger charge is 2.28. The summed E-state index contributed by atoms with van der Waals surface area (Å²) in [6, 6.07) is 19.6. The van der Waals surface area contributed by atoms with Crippen LogP contribution >= 0.6 is 0 Å². The van der Waals surface area contributed by atoms with Crippen molar-refractivity contribution in [3.8, 4) is 0 Å². The topological polar surface area (TPSA) is 61.4 Å². The maximum atomic E-state index is 12.5. The summed E-state index contributed by atoms with van der Waals surface area (Å²) in [4.78, 5) is 26.7. The molecule has 1 atom stereocenters. The molecule has 5 heteroatoms. The summed E-state index contributed by atoms with van der Waals surface area (Å²) in [5.41, 5.74) is 2.08. The third-order valence-electron chi connectivity index (χ3n) is 4.88. The number of nitrogens with zero attached hydrogens (tertiary/aromatic N) is 1. The molecule has 1 aliphatic heterocycles. The number of aryl methyl sites for hydroxylation is 1. The van der Waals surface area contributed by atoms with Crippen LogP contribution in [-0.2, 0) is 11.2 Å². The second-order valence-electron chi connectivity index (χ2n) is 6.96. The third-order valence-corrected chi connectivity index (χ3v) is 4.88. The molecule has 1 unspecified atom stereocenters. The van der Waals surface area contributed by atoms with E-state index in [0.717, 1.165) is 31.4 Å². The number of carbonyl (C=O) groups excluding carboxylic acids is 2. The van der Waals surface area contributed by atoms with Crippen molar-refractivity contribution in [2.45, 2.75) is 25.7 Å². The Hall–Kier alpha value is -2.82. The van der Waals surface area contributed by atoms with Gasteiger partial charge in [-0.2, -0.15) is 0 Å². The quantitative estimate of drug-likeness (QED) is 0.767. The van der Waals surface area contributed by atoms with E-state index in [4.69, 9.17) is 0 Å². The van der Waals surface area contributed by atoms with E-state index in [9.17, 15) is 9.59 Å². The summed E-state index contributed by atoms with van der Waals surface area (Å²) in [6.45, 7) is 1.83. The van der Waals surface area contributed by atoms with Crippen LogP contribution in [0.5, 0.6) is 0 Å². The van der Waals surface area contributed by atoms with Crippen LogP contribution in [0.3, 0.4) is 0 Å². The second-order valence-corrected chi connectivity index (χ2v) is 6.96. The summed E-state index contributed by atoms with van der Waals surface area (Å²) in [5.74, 6) is -0.170. The first kappa shape index (κ1) is 19.0. The molecule has 0 radical (unpaired) electrons. The van der Waals surface area contributed by atoms with Gasteiger partial charge in [0, 0.05) is 25.3 Å². The summed E-state index contributed by atoms with van der Waals surface area (Å²) < 4.78 is 0. The van der Waals surface area contributed by atoms with Crippen molar-refractivity contribution in [2.75, 3.05) is 25.0 Å². The van der Waals surface area contributed by atoms with Crippen LogP contribution in [0.1, 0.15) is 24.8 Å². The number of anilines is 1. The number of carbonyl (C=O) groups is 2. The molecule has 3 amide bonds. The van der Waals surface area contributed by atoms with Crippen LogP contribution in [0, 0.1) is 5.92 Å². The maximum Gasteiger partial charge on any atom is 0.317 e. The molecule has 0 spiro atoms. The van der Waals surface area contributed by atoms with Gasteiger partial charge in [-0.1, -0.05) is 48.5 Å². The van der Waals surface area contributed by atoms with Crippen molar-refractivity contribution in [2.24, 2.45) is 5.92 Å². The van der Waals surface area contributed by atoms with Gasteiger partial charge in [-0.25, -0.2) is 4.79 Å². The van der Waals surface area contributed by atoms with Crippen LogP contribution in [0.15, 0.2) is 60.7 Å². The van der Waals surface area contributed by atoms with Crippen LogP contribution in [0.4, 0.5) is 10.5 Å². The standard InChI is InChI=1S/C22H27N3O2/c26-21(24-20-13-5-2-6-14-20)19-12-8-16-25(17-19)22(27)23-15-7-11-18-9-3-1-4-10-18/h1-6,9-10,13-14,19H,7-8,11-12,15-17H2,(H,23,27)(H,24,26). The van der Waals surface area contributed by atoms with Gasteiger partial charge < -0.3 is 15.5 Å². The number of hydrogen-bond acceptors (Lipinski definition) is 2. The van der Waals surface area contributed by atoms with Gasteiger partial charge in [0.25, 0.3) is 0 Å². The first-order chi connectivity index (χ1) is 13.2. The van der Waals surface area contributed by atoms with E-state index < -0.39 is 0 Å². The minimum absolute atomic E-state index is 0.0113. The van der Waals surface area contributed by atoms with E-state index in [0.29, 0.717) is 19.6 Å². The Morgan fingerprint density at radius 2 is 1.70 bits per heavy atom. The zero-order valence-electron chi connectivity index (χ0n) is 15.6. The molecule has 1 heterocycles. The van der Waals surface area contributed by atoms with Gasteiger partial charge in [0.05, 0.1) is 5.92 Å². The number of para-hydroxylation sites is 1. The molecule has 27 heavy (non-hydrogen) atoms. The molecule has 1 fully saturated rings. The molecule has 3 rings (SSSR count). The predicted molar refractivity (Wildman–Crippen MR) is 108 cm³/mol. The molecule has 0 aliphatic carbocycles. The number of hydrogen-bond donors (Lipinski definition) is 2. The number of benzene rings is 2. The van der Waals surface area contributed by atoms with Gasteiger partial charge in [0.15, 0.2) is 0 Å². The van der Waals surface area contributed by atoms with Crippen molar-refractivity contribution in [1.29, 1.82) is 0 Å². The first-order valence-electron chi connectivity index (χ1n) is 9.65. The van der Waals surface area contributed by atoms with Gasteiger partial charge in [-0.3, -0.25) is 4.79 Å². The van der Waals surface area contributed by atoms with Crippen LogP contribution in [0.2, 0.25) is 0 Å². The lowest BCUT2D eigenvalue weighted by molar-refractivity contribution is -0.121. The molecule has 2 N–H and O–H groups in total. The molecule has 0 bridgehead atoms. The fourth-order valence-corrected chi connectivity index (χ4v) is 3.39. The van der Waals surface area contributed by atoms with E-state index >= 15 is 0 Å². The fraction of sp³-hybridized carbons (Fsp3) is 0.364. The van der Waals surface area contributed by atoms with Gasteiger partial charge in [-0.15, -0.1) is 0 Å². The Morgan fingerprint density at radius 3 is 2.44 bits per heavy atom. The number of urea groups is 1. The van der Waals surface area contributed by atoms with Crippen molar-refractivity contribution < 1.29 is 9.59 Å². The molecule has 0 saturated carbocycles. The van der Waals surface area contributed by atoms with E-state index in [1.807, 2.05) is 48.5 Å². The summed E-state index contributed by atoms with van der Waals surface area (Å²) in [7, 11) is 0. The zero-order chi connectivity index (χ0) is 18.9. The molecule has 1 saturated heterocycles. The van der Waals surface area contributed by atoms with Gasteiger partial charge in [0.2, 0.25) is 5.91 Å². The highest BCUT2D eigenvalue weighted by molar-refractivity contribution is 5.93. The number of piperidine rings is 1. The SMILES string of the molecule is O=C(Nc1ccccc1)C1CCCN(C(=O)NCCCc2ccccc2)C1. The normalized spacial score (nSPS) is 16.6. The lowest BCUT2D eigenvalue weighted by atomic mass is 9.97. The number of nitrogens with one attached hydrogen (secondary N) is 2. The lowest BCUT2D eigenvalue weighted by Gasteiger charge is -2.32. The lowest BCUT2D eigenvalue weighted by Crippen LogP contribution is -2.48. The Kier molecular flexibility index (Phi) is 6.85. The van der Waals surface area contributed by atoms with Crippen molar-refractivity contribution in [3.63, 3.8) is 0 Å². The van der Waals surface area contributed by atoms with E-state index in [-0.39, 0.29) is 17.9 Å². The molecule has 2 aromatic carbocycles. The van der Waals surface area contributed by atoms with E-state index in [2.05, 4.69) is 22.8 Å². The Labute approximate surface area is 160 Å². The van der Waals surface area contributed by atoms with Gasteiger partial charge in [-0.05, 0) is 43.4 Å². The molecule has 1 aliphatic rings. The summed E-state index contributed by atoms with van der Waals surface area (Å²) in [6.07, 6.45) is 3.52. The molecular weight excluding hydrogens is 338 g/mol. The molecule has 5 nitrogen and oxygen atoms in total.